The fourth-order valence-corrected chi connectivity index (χ4v) is 2.91. The van der Waals surface area contributed by atoms with E-state index in [2.05, 4.69) is 15.3 Å². The number of aliphatic carboxylic acids is 1. The molecule has 0 spiro atoms. The van der Waals surface area contributed by atoms with Crippen molar-refractivity contribution >= 4 is 22.9 Å². The standard InChI is InChI=1S/C16H17N3O3/c20-15(19-11-6-2-1-5-10(11)16(21)22)14-9-17-12-7-3-4-8-13(12)18-14/h3-4,7-11H,1-2,5-6H2,(H,19,20)(H,21,22). The van der Waals surface area contributed by atoms with Crippen molar-refractivity contribution in [1.29, 1.82) is 0 Å². The van der Waals surface area contributed by atoms with Crippen LogP contribution in [0.1, 0.15) is 36.2 Å². The summed E-state index contributed by atoms with van der Waals surface area (Å²) in [5, 5.41) is 12.1. The lowest BCUT2D eigenvalue weighted by Gasteiger charge is -2.29. The molecule has 6 heteroatoms. The van der Waals surface area contributed by atoms with Crippen LogP contribution >= 0.6 is 0 Å². The lowest BCUT2D eigenvalue weighted by molar-refractivity contribution is -0.143. The molecule has 1 aliphatic carbocycles. The molecule has 1 fully saturated rings. The van der Waals surface area contributed by atoms with Crippen molar-refractivity contribution in [3.63, 3.8) is 0 Å². The Morgan fingerprint density at radius 2 is 1.86 bits per heavy atom. The summed E-state index contributed by atoms with van der Waals surface area (Å²) in [5.74, 6) is -1.74. The molecule has 2 unspecified atom stereocenters. The summed E-state index contributed by atoms with van der Waals surface area (Å²) in [6.45, 7) is 0. The summed E-state index contributed by atoms with van der Waals surface area (Å²) in [6, 6.07) is 6.97. The number of carboxylic acids is 1. The average Bonchev–Trinajstić information content (AvgIpc) is 2.54. The Kier molecular flexibility index (Phi) is 4.00. The Bertz CT molecular complexity index is 717. The van der Waals surface area contributed by atoms with Gasteiger partial charge in [0.25, 0.3) is 5.91 Å². The van der Waals surface area contributed by atoms with Gasteiger partial charge in [0.1, 0.15) is 5.69 Å². The molecule has 3 rings (SSSR count). The lowest BCUT2D eigenvalue weighted by Crippen LogP contribution is -2.45. The predicted molar refractivity (Wildman–Crippen MR) is 80.4 cm³/mol. The quantitative estimate of drug-likeness (QED) is 0.904. The number of carboxylic acid groups (broad SMARTS) is 1. The van der Waals surface area contributed by atoms with Crippen molar-refractivity contribution in [3.05, 3.63) is 36.2 Å². The van der Waals surface area contributed by atoms with Crippen molar-refractivity contribution in [2.45, 2.75) is 31.7 Å². The summed E-state index contributed by atoms with van der Waals surface area (Å²) in [4.78, 5) is 32.1. The first-order valence-corrected chi connectivity index (χ1v) is 7.40. The highest BCUT2D eigenvalue weighted by Crippen LogP contribution is 2.25. The second kappa shape index (κ2) is 6.09. The summed E-state index contributed by atoms with van der Waals surface area (Å²) < 4.78 is 0. The van der Waals surface area contributed by atoms with Crippen molar-refractivity contribution in [1.82, 2.24) is 15.3 Å². The smallest absolute Gasteiger partial charge is 0.308 e. The van der Waals surface area contributed by atoms with Gasteiger partial charge in [-0.1, -0.05) is 25.0 Å². The van der Waals surface area contributed by atoms with Crippen LogP contribution < -0.4 is 5.32 Å². The van der Waals surface area contributed by atoms with Gasteiger partial charge in [0.15, 0.2) is 0 Å². The third-order valence-corrected chi connectivity index (χ3v) is 4.08. The highest BCUT2D eigenvalue weighted by atomic mass is 16.4. The van der Waals surface area contributed by atoms with Crippen molar-refractivity contribution in [3.8, 4) is 0 Å². The van der Waals surface area contributed by atoms with Crippen LogP contribution in [0.2, 0.25) is 0 Å². The number of carbonyl (C=O) groups excluding carboxylic acids is 1. The van der Waals surface area contributed by atoms with E-state index >= 15 is 0 Å². The number of rotatable bonds is 3. The number of nitrogens with one attached hydrogen (secondary N) is 1. The first-order valence-electron chi connectivity index (χ1n) is 7.40. The second-order valence-electron chi connectivity index (χ2n) is 5.55. The fraction of sp³-hybridized carbons (Fsp3) is 0.375. The van der Waals surface area contributed by atoms with Gasteiger partial charge in [-0.25, -0.2) is 4.98 Å². The topological polar surface area (TPSA) is 92.2 Å². The Hall–Kier alpha value is -2.50. The van der Waals surface area contributed by atoms with Crippen LogP contribution in [0.5, 0.6) is 0 Å². The molecule has 1 aliphatic rings. The molecule has 6 nitrogen and oxygen atoms in total. The zero-order chi connectivity index (χ0) is 15.5. The van der Waals surface area contributed by atoms with Crippen LogP contribution in [-0.4, -0.2) is 33.0 Å². The minimum absolute atomic E-state index is 0.216. The molecule has 22 heavy (non-hydrogen) atoms. The molecule has 2 aromatic rings. The van der Waals surface area contributed by atoms with Gasteiger partial charge in [0, 0.05) is 6.04 Å². The number of benzene rings is 1. The van der Waals surface area contributed by atoms with E-state index in [-0.39, 0.29) is 17.6 Å². The van der Waals surface area contributed by atoms with Crippen molar-refractivity contribution in [2.75, 3.05) is 0 Å². The van der Waals surface area contributed by atoms with Crippen molar-refractivity contribution in [2.24, 2.45) is 5.92 Å². The first-order chi connectivity index (χ1) is 10.6. The van der Waals surface area contributed by atoms with Gasteiger partial charge in [-0.05, 0) is 25.0 Å². The Labute approximate surface area is 127 Å². The van der Waals surface area contributed by atoms with E-state index in [9.17, 15) is 14.7 Å². The molecule has 1 aromatic carbocycles. The minimum atomic E-state index is -0.852. The highest BCUT2D eigenvalue weighted by Gasteiger charge is 2.32. The predicted octanol–water partition coefficient (Wildman–Crippen LogP) is 2.00. The van der Waals surface area contributed by atoms with Crippen LogP contribution in [-0.2, 0) is 4.79 Å². The lowest BCUT2D eigenvalue weighted by atomic mass is 9.84. The summed E-state index contributed by atoms with van der Waals surface area (Å²) in [7, 11) is 0. The van der Waals surface area contributed by atoms with Gasteiger partial charge >= 0.3 is 5.97 Å². The van der Waals surface area contributed by atoms with Gasteiger partial charge in [-0.3, -0.25) is 14.6 Å². The molecule has 2 N–H and O–H groups in total. The summed E-state index contributed by atoms with van der Waals surface area (Å²) in [5.41, 5.74) is 1.59. The maximum absolute atomic E-state index is 12.3. The van der Waals surface area contributed by atoms with E-state index in [0.29, 0.717) is 18.4 Å². The molecule has 0 radical (unpaired) electrons. The van der Waals surface area contributed by atoms with Crippen LogP contribution in [0, 0.1) is 5.92 Å². The zero-order valence-electron chi connectivity index (χ0n) is 12.0. The minimum Gasteiger partial charge on any atom is -0.481 e. The summed E-state index contributed by atoms with van der Waals surface area (Å²) >= 11 is 0. The van der Waals surface area contributed by atoms with E-state index < -0.39 is 11.9 Å². The van der Waals surface area contributed by atoms with Gasteiger partial charge in [-0.15, -0.1) is 0 Å². The average molecular weight is 299 g/mol. The Morgan fingerprint density at radius 3 is 2.64 bits per heavy atom. The van der Waals surface area contributed by atoms with Crippen LogP contribution in [0.15, 0.2) is 30.5 Å². The number of fused-ring (bicyclic) bond motifs is 1. The Morgan fingerprint density at radius 1 is 1.14 bits per heavy atom. The van der Waals surface area contributed by atoms with E-state index in [1.807, 2.05) is 18.2 Å². The molecule has 1 saturated carbocycles. The monoisotopic (exact) mass is 299 g/mol. The van der Waals surface area contributed by atoms with Gasteiger partial charge in [0.05, 0.1) is 23.1 Å². The number of carbonyl (C=O) groups is 2. The van der Waals surface area contributed by atoms with Gasteiger partial charge in [-0.2, -0.15) is 0 Å². The van der Waals surface area contributed by atoms with Gasteiger partial charge in [0.2, 0.25) is 0 Å². The van der Waals surface area contributed by atoms with E-state index in [4.69, 9.17) is 0 Å². The van der Waals surface area contributed by atoms with Crippen LogP contribution in [0.25, 0.3) is 11.0 Å². The molecular weight excluding hydrogens is 282 g/mol. The van der Waals surface area contributed by atoms with E-state index in [0.717, 1.165) is 18.4 Å². The molecule has 2 atom stereocenters. The van der Waals surface area contributed by atoms with Crippen molar-refractivity contribution < 1.29 is 14.7 Å². The highest BCUT2D eigenvalue weighted by molar-refractivity contribution is 5.94. The second-order valence-corrected chi connectivity index (χ2v) is 5.55. The normalized spacial score (nSPS) is 21.5. The molecule has 1 amide bonds. The number of nitrogens with zero attached hydrogens (tertiary/aromatic N) is 2. The maximum atomic E-state index is 12.3. The molecule has 1 heterocycles. The molecule has 114 valence electrons. The zero-order valence-corrected chi connectivity index (χ0v) is 12.0. The third kappa shape index (κ3) is 2.90. The largest absolute Gasteiger partial charge is 0.481 e. The molecule has 1 aromatic heterocycles. The number of hydrogen-bond donors (Lipinski definition) is 2. The fourth-order valence-electron chi connectivity index (χ4n) is 2.91. The number of para-hydroxylation sites is 2. The Balaban J connectivity index is 1.78. The maximum Gasteiger partial charge on any atom is 0.308 e. The molecular formula is C16H17N3O3. The molecule has 0 bridgehead atoms. The van der Waals surface area contributed by atoms with Gasteiger partial charge < -0.3 is 10.4 Å². The van der Waals surface area contributed by atoms with E-state index in [1.54, 1.807) is 6.07 Å². The third-order valence-electron chi connectivity index (χ3n) is 4.08. The summed E-state index contributed by atoms with van der Waals surface area (Å²) in [6.07, 6.45) is 4.53. The molecule has 0 saturated heterocycles. The molecule has 0 aliphatic heterocycles. The number of aromatic nitrogens is 2. The number of amides is 1. The SMILES string of the molecule is O=C(NC1CCCCC1C(=O)O)c1cnc2ccccc2n1. The number of hydrogen-bond acceptors (Lipinski definition) is 4. The van der Waals surface area contributed by atoms with Crippen LogP contribution in [0.4, 0.5) is 0 Å². The van der Waals surface area contributed by atoms with Crippen LogP contribution in [0.3, 0.4) is 0 Å². The first kappa shape index (κ1) is 14.4. The van der Waals surface area contributed by atoms with E-state index in [1.165, 1.54) is 6.20 Å².